The molecule has 3 nitrogen and oxygen atoms in total. The molecule has 2 rings (SSSR count). The lowest BCUT2D eigenvalue weighted by Gasteiger charge is -1.97. The van der Waals surface area contributed by atoms with Crippen molar-refractivity contribution in [3.05, 3.63) is 34.9 Å². The highest BCUT2D eigenvalue weighted by Gasteiger charge is 1.99. The zero-order chi connectivity index (χ0) is 9.26. The van der Waals surface area contributed by atoms with Gasteiger partial charge in [-0.1, -0.05) is 24.4 Å². The van der Waals surface area contributed by atoms with Gasteiger partial charge in [0.25, 0.3) is 5.56 Å². The minimum absolute atomic E-state index is 0.0892. The van der Waals surface area contributed by atoms with Gasteiger partial charge in [0.05, 0.1) is 17.2 Å². The summed E-state index contributed by atoms with van der Waals surface area (Å²) in [5.74, 6) is 0. The Morgan fingerprint density at radius 3 is 3.08 bits per heavy atom. The molecule has 0 aliphatic rings. The average Bonchev–Trinajstić information content (AvgIpc) is 2.18. The third kappa shape index (κ3) is 1.35. The van der Waals surface area contributed by atoms with Gasteiger partial charge < -0.3 is 4.98 Å². The summed E-state index contributed by atoms with van der Waals surface area (Å²) in [5, 5.41) is 0.637. The first-order valence-electron chi connectivity index (χ1n) is 4.08. The largest absolute Gasteiger partial charge is 0.313 e. The number of hydrogen-bond donors (Lipinski definition) is 1. The van der Waals surface area contributed by atoms with E-state index in [-0.39, 0.29) is 5.56 Å². The highest BCUT2D eigenvalue weighted by atomic mass is 16.1. The number of benzene rings is 1. The molecule has 1 N–H and O–H groups in total. The summed E-state index contributed by atoms with van der Waals surface area (Å²) in [7, 11) is 1.95. The molecule has 0 bridgehead atoms. The van der Waals surface area contributed by atoms with Crippen LogP contribution in [0.5, 0.6) is 0 Å². The van der Waals surface area contributed by atoms with Crippen molar-refractivity contribution in [1.82, 2.24) is 9.97 Å². The molecule has 0 aliphatic carbocycles. The molecule has 0 fully saturated rings. The van der Waals surface area contributed by atoms with E-state index in [0.29, 0.717) is 5.39 Å². The second kappa shape index (κ2) is 3.05. The van der Waals surface area contributed by atoms with Crippen LogP contribution in [0.3, 0.4) is 0 Å². The SMILES string of the molecule is C[B]c1ccc2nc[nH]c(=O)c2c1. The highest BCUT2D eigenvalue weighted by Crippen LogP contribution is 2.01. The number of rotatable bonds is 1. The van der Waals surface area contributed by atoms with E-state index in [1.807, 2.05) is 32.3 Å². The summed E-state index contributed by atoms with van der Waals surface area (Å²) in [5.41, 5.74) is 1.68. The predicted octanol–water partition coefficient (Wildman–Crippen LogP) is 0.301. The third-order valence-electron chi connectivity index (χ3n) is 2.00. The second-order valence-electron chi connectivity index (χ2n) is 2.80. The molecule has 0 aliphatic heterocycles. The lowest BCUT2D eigenvalue weighted by molar-refractivity contribution is 1.17. The molecule has 0 unspecified atom stereocenters. The minimum Gasteiger partial charge on any atom is -0.313 e. The summed E-state index contributed by atoms with van der Waals surface area (Å²) in [6.07, 6.45) is 1.42. The van der Waals surface area contributed by atoms with E-state index >= 15 is 0 Å². The van der Waals surface area contributed by atoms with Crippen LogP contribution in [0.1, 0.15) is 0 Å². The molecule has 0 saturated carbocycles. The van der Waals surface area contributed by atoms with Crippen LogP contribution in [0, 0.1) is 0 Å². The Hall–Kier alpha value is -1.58. The fourth-order valence-electron chi connectivity index (χ4n) is 1.27. The molecule has 0 atom stereocenters. The van der Waals surface area contributed by atoms with Crippen LogP contribution in [0.4, 0.5) is 0 Å². The maximum atomic E-state index is 11.3. The summed E-state index contributed by atoms with van der Waals surface area (Å²) in [4.78, 5) is 17.9. The van der Waals surface area contributed by atoms with Gasteiger partial charge in [0, 0.05) is 0 Å². The van der Waals surface area contributed by atoms with Crippen LogP contribution in [0.15, 0.2) is 29.3 Å². The number of fused-ring (bicyclic) bond motifs is 1. The van der Waals surface area contributed by atoms with Gasteiger partial charge in [0.1, 0.15) is 7.28 Å². The quantitative estimate of drug-likeness (QED) is 0.627. The van der Waals surface area contributed by atoms with Gasteiger partial charge in [-0.05, 0) is 6.07 Å². The van der Waals surface area contributed by atoms with Gasteiger partial charge in [-0.2, -0.15) is 0 Å². The van der Waals surface area contributed by atoms with E-state index in [0.717, 1.165) is 11.0 Å². The zero-order valence-electron chi connectivity index (χ0n) is 7.24. The first-order chi connectivity index (χ1) is 6.31. The fraction of sp³-hybridized carbons (Fsp3) is 0.111. The highest BCUT2D eigenvalue weighted by molar-refractivity contribution is 6.52. The van der Waals surface area contributed by atoms with E-state index in [1.54, 1.807) is 0 Å². The van der Waals surface area contributed by atoms with E-state index in [9.17, 15) is 4.79 Å². The lowest BCUT2D eigenvalue weighted by atomic mass is 9.73. The van der Waals surface area contributed by atoms with Crippen molar-refractivity contribution >= 4 is 23.6 Å². The topological polar surface area (TPSA) is 45.8 Å². The Bertz CT molecular complexity index is 492. The van der Waals surface area contributed by atoms with Crippen molar-refractivity contribution in [3.63, 3.8) is 0 Å². The van der Waals surface area contributed by atoms with Crippen LogP contribution in [-0.4, -0.2) is 17.2 Å². The van der Waals surface area contributed by atoms with Gasteiger partial charge >= 0.3 is 0 Å². The van der Waals surface area contributed by atoms with Crippen LogP contribution in [-0.2, 0) is 0 Å². The summed E-state index contributed by atoms with van der Waals surface area (Å²) < 4.78 is 0. The second-order valence-corrected chi connectivity index (χ2v) is 2.80. The molecule has 0 spiro atoms. The van der Waals surface area contributed by atoms with Gasteiger partial charge in [0.15, 0.2) is 0 Å². The number of nitrogens with zero attached hydrogens (tertiary/aromatic N) is 1. The summed E-state index contributed by atoms with van der Waals surface area (Å²) >= 11 is 0. The van der Waals surface area contributed by atoms with Crippen LogP contribution >= 0.6 is 0 Å². The lowest BCUT2D eigenvalue weighted by Crippen LogP contribution is -2.14. The Morgan fingerprint density at radius 1 is 1.46 bits per heavy atom. The Labute approximate surface area is 76.1 Å². The van der Waals surface area contributed by atoms with Crippen molar-refractivity contribution in [3.8, 4) is 0 Å². The molecule has 1 heterocycles. The Morgan fingerprint density at radius 2 is 2.31 bits per heavy atom. The molecule has 1 radical (unpaired) electrons. The molecular weight excluding hydrogens is 163 g/mol. The van der Waals surface area contributed by atoms with Crippen molar-refractivity contribution in [1.29, 1.82) is 0 Å². The van der Waals surface area contributed by atoms with Crippen LogP contribution in [0.2, 0.25) is 6.82 Å². The zero-order valence-corrected chi connectivity index (χ0v) is 7.24. The fourth-order valence-corrected chi connectivity index (χ4v) is 1.27. The Balaban J connectivity index is 2.82. The van der Waals surface area contributed by atoms with Gasteiger partial charge in [-0.25, -0.2) is 4.98 Å². The summed E-state index contributed by atoms with van der Waals surface area (Å²) in [6, 6.07) is 5.62. The van der Waals surface area contributed by atoms with Crippen LogP contribution < -0.4 is 11.0 Å². The van der Waals surface area contributed by atoms with Crippen LogP contribution in [0.25, 0.3) is 10.9 Å². The average molecular weight is 171 g/mol. The van der Waals surface area contributed by atoms with E-state index in [1.165, 1.54) is 6.33 Å². The number of nitrogens with one attached hydrogen (secondary N) is 1. The Kier molecular flexibility index (Phi) is 1.89. The van der Waals surface area contributed by atoms with E-state index in [2.05, 4.69) is 9.97 Å². The molecule has 13 heavy (non-hydrogen) atoms. The molecule has 1 aromatic carbocycles. The number of hydrogen-bond acceptors (Lipinski definition) is 2. The molecule has 2 aromatic rings. The van der Waals surface area contributed by atoms with E-state index < -0.39 is 0 Å². The molecular formula is C9H8BN2O. The standard InChI is InChI=1S/C9H8BN2O/c1-10-6-2-3-8-7(4-6)9(13)12-5-11-8/h2-5H,1H3,(H,11,12,13). The maximum absolute atomic E-state index is 11.3. The minimum atomic E-state index is -0.0892. The molecule has 1 aromatic heterocycles. The van der Waals surface area contributed by atoms with E-state index in [4.69, 9.17) is 0 Å². The van der Waals surface area contributed by atoms with Crippen molar-refractivity contribution in [2.75, 3.05) is 0 Å². The summed E-state index contributed by atoms with van der Waals surface area (Å²) in [6.45, 7) is 1.94. The van der Waals surface area contributed by atoms with Crippen molar-refractivity contribution < 1.29 is 0 Å². The molecule has 63 valence electrons. The molecule has 4 heteroatoms. The third-order valence-corrected chi connectivity index (χ3v) is 2.00. The van der Waals surface area contributed by atoms with Gasteiger partial charge in [0.2, 0.25) is 0 Å². The van der Waals surface area contributed by atoms with Gasteiger partial charge in [-0.3, -0.25) is 4.79 Å². The van der Waals surface area contributed by atoms with Crippen molar-refractivity contribution in [2.45, 2.75) is 6.82 Å². The molecule has 0 amide bonds. The number of aromatic amines is 1. The number of H-pyrrole nitrogens is 1. The predicted molar refractivity (Wildman–Crippen MR) is 53.6 cm³/mol. The maximum Gasteiger partial charge on any atom is 0.258 e. The van der Waals surface area contributed by atoms with Crippen molar-refractivity contribution in [2.24, 2.45) is 0 Å². The molecule has 0 saturated heterocycles. The normalized spacial score (nSPS) is 10.2. The first-order valence-corrected chi connectivity index (χ1v) is 4.08. The first kappa shape index (κ1) is 8.04. The number of aromatic nitrogens is 2. The smallest absolute Gasteiger partial charge is 0.258 e. The van der Waals surface area contributed by atoms with Gasteiger partial charge in [-0.15, -0.1) is 0 Å². The monoisotopic (exact) mass is 171 g/mol.